The number of anilines is 2. The van der Waals surface area contributed by atoms with Crippen molar-refractivity contribution < 1.29 is 0 Å². The van der Waals surface area contributed by atoms with Crippen molar-refractivity contribution in [1.29, 1.82) is 0 Å². The average molecular weight is 214 g/mol. The van der Waals surface area contributed by atoms with E-state index in [4.69, 9.17) is 11.5 Å². The largest absolute Gasteiger partial charge is 0.383 e. The molecule has 0 fully saturated rings. The minimum Gasteiger partial charge on any atom is -0.383 e. The van der Waals surface area contributed by atoms with Crippen LogP contribution in [0.3, 0.4) is 0 Å². The first-order chi connectivity index (χ1) is 7.56. The Labute approximate surface area is 94.0 Å². The van der Waals surface area contributed by atoms with Gasteiger partial charge in [-0.05, 0) is 31.5 Å². The Kier molecular flexibility index (Phi) is 2.48. The second-order valence-electron chi connectivity index (χ2n) is 3.97. The van der Waals surface area contributed by atoms with Gasteiger partial charge in [-0.15, -0.1) is 0 Å². The van der Waals surface area contributed by atoms with Gasteiger partial charge in [0.05, 0.1) is 5.52 Å². The third-order valence-electron chi connectivity index (χ3n) is 2.22. The summed E-state index contributed by atoms with van der Waals surface area (Å²) in [6, 6.07) is 5.86. The highest BCUT2D eigenvalue weighted by atomic mass is 15.0. The maximum atomic E-state index is 5.76. The van der Waals surface area contributed by atoms with Crippen molar-refractivity contribution in [2.24, 2.45) is 0 Å². The molecule has 82 valence electrons. The van der Waals surface area contributed by atoms with E-state index in [1.54, 1.807) is 0 Å². The molecule has 0 bridgehead atoms. The van der Waals surface area contributed by atoms with E-state index in [0.29, 0.717) is 5.82 Å². The normalized spacial score (nSPS) is 10.4. The Bertz CT molecular complexity index is 568. The van der Waals surface area contributed by atoms with Gasteiger partial charge in [-0.25, -0.2) is 4.98 Å². The number of nitrogens with two attached hydrogens (primary N) is 2. The summed E-state index contributed by atoms with van der Waals surface area (Å²) in [6.45, 7) is 4.10. The first-order valence-electron chi connectivity index (χ1n) is 5.04. The topological polar surface area (TPSA) is 77.8 Å². The Hall–Kier alpha value is -2.10. The van der Waals surface area contributed by atoms with Crippen LogP contribution in [-0.4, -0.2) is 9.97 Å². The third-order valence-corrected chi connectivity index (χ3v) is 2.22. The maximum absolute atomic E-state index is 5.76. The van der Waals surface area contributed by atoms with E-state index < -0.39 is 0 Å². The standard InChI is InChI=1S/C12H14N4/c1-7(2)5-8-3-4-9-10(6-8)15-12(14)16-11(9)13/h3-6H,1-2H3,(H4,13,14,15,16). The fourth-order valence-corrected chi connectivity index (χ4v) is 1.61. The summed E-state index contributed by atoms with van der Waals surface area (Å²) in [5.41, 5.74) is 14.4. The molecule has 2 rings (SSSR count). The predicted molar refractivity (Wildman–Crippen MR) is 67.7 cm³/mol. The minimum absolute atomic E-state index is 0.208. The lowest BCUT2D eigenvalue weighted by molar-refractivity contribution is 1.24. The Balaban J connectivity index is 2.66. The molecule has 0 amide bonds. The van der Waals surface area contributed by atoms with Gasteiger partial charge in [-0.3, -0.25) is 0 Å². The summed E-state index contributed by atoms with van der Waals surface area (Å²) >= 11 is 0. The van der Waals surface area contributed by atoms with Crippen LogP contribution in [0.2, 0.25) is 0 Å². The van der Waals surface area contributed by atoms with E-state index in [1.165, 1.54) is 5.57 Å². The maximum Gasteiger partial charge on any atom is 0.222 e. The molecule has 2 aromatic rings. The van der Waals surface area contributed by atoms with Crippen molar-refractivity contribution in [2.75, 3.05) is 11.5 Å². The van der Waals surface area contributed by atoms with Gasteiger partial charge >= 0.3 is 0 Å². The van der Waals surface area contributed by atoms with Gasteiger partial charge in [0.1, 0.15) is 5.82 Å². The molecule has 16 heavy (non-hydrogen) atoms. The number of benzene rings is 1. The van der Waals surface area contributed by atoms with Gasteiger partial charge in [0.25, 0.3) is 0 Å². The van der Waals surface area contributed by atoms with E-state index in [-0.39, 0.29) is 5.95 Å². The predicted octanol–water partition coefficient (Wildman–Crippen LogP) is 2.22. The van der Waals surface area contributed by atoms with E-state index in [1.807, 2.05) is 32.0 Å². The van der Waals surface area contributed by atoms with Gasteiger partial charge in [-0.2, -0.15) is 4.98 Å². The van der Waals surface area contributed by atoms with Crippen LogP contribution in [0.5, 0.6) is 0 Å². The van der Waals surface area contributed by atoms with Crippen molar-refractivity contribution in [3.63, 3.8) is 0 Å². The van der Waals surface area contributed by atoms with Crippen LogP contribution < -0.4 is 11.5 Å². The molecule has 1 aromatic heterocycles. The van der Waals surface area contributed by atoms with Crippen LogP contribution in [0.1, 0.15) is 19.4 Å². The zero-order valence-electron chi connectivity index (χ0n) is 9.36. The molecular weight excluding hydrogens is 200 g/mol. The van der Waals surface area contributed by atoms with Crippen LogP contribution in [0.15, 0.2) is 23.8 Å². The summed E-state index contributed by atoms with van der Waals surface area (Å²) in [5, 5.41) is 0.833. The molecule has 4 heteroatoms. The second kappa shape index (κ2) is 3.81. The molecule has 4 nitrogen and oxygen atoms in total. The fourth-order valence-electron chi connectivity index (χ4n) is 1.61. The van der Waals surface area contributed by atoms with Crippen molar-refractivity contribution in [3.05, 3.63) is 29.3 Å². The van der Waals surface area contributed by atoms with E-state index in [0.717, 1.165) is 16.5 Å². The summed E-state index contributed by atoms with van der Waals surface area (Å²) < 4.78 is 0. The number of aromatic nitrogens is 2. The lowest BCUT2D eigenvalue weighted by Crippen LogP contribution is -2.00. The Morgan fingerprint density at radius 3 is 2.62 bits per heavy atom. The molecule has 0 saturated carbocycles. The van der Waals surface area contributed by atoms with Crippen molar-refractivity contribution in [2.45, 2.75) is 13.8 Å². The summed E-state index contributed by atoms with van der Waals surface area (Å²) in [6.07, 6.45) is 2.08. The highest BCUT2D eigenvalue weighted by molar-refractivity contribution is 5.90. The molecule has 0 spiro atoms. The zero-order valence-corrected chi connectivity index (χ0v) is 9.36. The molecule has 0 unspecified atom stereocenters. The highest BCUT2D eigenvalue weighted by Crippen LogP contribution is 2.20. The summed E-state index contributed by atoms with van der Waals surface area (Å²) in [4.78, 5) is 8.08. The van der Waals surface area contributed by atoms with Gasteiger partial charge in [-0.1, -0.05) is 17.7 Å². The molecule has 0 radical (unpaired) electrons. The number of fused-ring (bicyclic) bond motifs is 1. The van der Waals surface area contributed by atoms with Crippen molar-refractivity contribution in [3.8, 4) is 0 Å². The van der Waals surface area contributed by atoms with E-state index >= 15 is 0 Å². The number of hydrogen-bond donors (Lipinski definition) is 2. The first-order valence-corrected chi connectivity index (χ1v) is 5.04. The molecule has 0 aliphatic heterocycles. The van der Waals surface area contributed by atoms with Crippen LogP contribution in [-0.2, 0) is 0 Å². The summed E-state index contributed by atoms with van der Waals surface area (Å²) in [7, 11) is 0. The number of nitrogen functional groups attached to an aromatic ring is 2. The van der Waals surface area contributed by atoms with Crippen molar-refractivity contribution in [1.82, 2.24) is 9.97 Å². The molecular formula is C12H14N4. The average Bonchev–Trinajstić information content (AvgIpc) is 2.15. The molecule has 1 aromatic carbocycles. The fraction of sp³-hybridized carbons (Fsp3) is 0.167. The lowest BCUT2D eigenvalue weighted by Gasteiger charge is -2.03. The molecule has 4 N–H and O–H groups in total. The number of hydrogen-bond acceptors (Lipinski definition) is 4. The second-order valence-corrected chi connectivity index (χ2v) is 3.97. The van der Waals surface area contributed by atoms with Crippen LogP contribution in [0.4, 0.5) is 11.8 Å². The summed E-state index contributed by atoms with van der Waals surface area (Å²) in [5.74, 6) is 0.630. The monoisotopic (exact) mass is 214 g/mol. The quantitative estimate of drug-likeness (QED) is 0.763. The zero-order chi connectivity index (χ0) is 11.7. The van der Waals surface area contributed by atoms with Gasteiger partial charge < -0.3 is 11.5 Å². The minimum atomic E-state index is 0.208. The van der Waals surface area contributed by atoms with Gasteiger partial charge in [0.15, 0.2) is 0 Å². The van der Waals surface area contributed by atoms with Gasteiger partial charge in [0, 0.05) is 5.39 Å². The smallest absolute Gasteiger partial charge is 0.222 e. The Morgan fingerprint density at radius 1 is 1.19 bits per heavy atom. The third kappa shape index (κ3) is 1.95. The Morgan fingerprint density at radius 2 is 1.94 bits per heavy atom. The van der Waals surface area contributed by atoms with Crippen molar-refractivity contribution >= 4 is 28.7 Å². The van der Waals surface area contributed by atoms with E-state index in [2.05, 4.69) is 16.0 Å². The number of rotatable bonds is 1. The SMILES string of the molecule is CC(C)=Cc1ccc2c(N)nc(N)nc2c1. The highest BCUT2D eigenvalue weighted by Gasteiger charge is 2.03. The molecule has 0 aliphatic rings. The van der Waals surface area contributed by atoms with Crippen LogP contribution in [0.25, 0.3) is 17.0 Å². The molecule has 0 atom stereocenters. The molecule has 0 aliphatic carbocycles. The first kappa shape index (κ1) is 10.4. The number of allylic oxidation sites excluding steroid dienone is 1. The van der Waals surface area contributed by atoms with Gasteiger partial charge in [0.2, 0.25) is 5.95 Å². The molecule has 1 heterocycles. The van der Waals surface area contributed by atoms with Crippen LogP contribution in [0, 0.1) is 0 Å². The number of nitrogens with zero attached hydrogens (tertiary/aromatic N) is 2. The van der Waals surface area contributed by atoms with E-state index in [9.17, 15) is 0 Å². The van der Waals surface area contributed by atoms with Crippen LogP contribution >= 0.6 is 0 Å². The molecule has 0 saturated heterocycles. The lowest BCUT2D eigenvalue weighted by atomic mass is 10.1.